The van der Waals surface area contributed by atoms with Crippen molar-refractivity contribution in [1.82, 2.24) is 15.1 Å². The third-order valence-corrected chi connectivity index (χ3v) is 3.83. The van der Waals surface area contributed by atoms with E-state index in [-0.39, 0.29) is 12.5 Å². The maximum absolute atomic E-state index is 12.0. The normalized spacial score (nSPS) is 10.7. The van der Waals surface area contributed by atoms with E-state index in [1.807, 2.05) is 31.0 Å². The quantitative estimate of drug-likeness (QED) is 0.839. The molecule has 0 saturated carbocycles. The number of anilines is 1. The van der Waals surface area contributed by atoms with Gasteiger partial charge in [-0.2, -0.15) is 0 Å². The first kappa shape index (κ1) is 16.7. The summed E-state index contributed by atoms with van der Waals surface area (Å²) in [5.41, 5.74) is 0.608. The van der Waals surface area contributed by atoms with Crippen molar-refractivity contribution in [3.05, 3.63) is 34.3 Å². The smallest absolute Gasteiger partial charge is 0.294 e. The van der Waals surface area contributed by atoms with Crippen molar-refractivity contribution in [2.45, 2.75) is 13.5 Å². The molecule has 0 bridgehead atoms. The number of nitrogens with zero attached hydrogens (tertiary/aromatic N) is 3. The lowest BCUT2D eigenvalue weighted by atomic mass is 10.3. The van der Waals surface area contributed by atoms with Crippen LogP contribution >= 0.6 is 22.9 Å². The Hall–Kier alpha value is -1.70. The van der Waals surface area contributed by atoms with Crippen LogP contribution in [0.3, 0.4) is 0 Å². The van der Waals surface area contributed by atoms with Gasteiger partial charge in [0, 0.05) is 0 Å². The molecule has 2 rings (SSSR count). The van der Waals surface area contributed by atoms with E-state index in [1.165, 1.54) is 11.3 Å². The van der Waals surface area contributed by atoms with Crippen molar-refractivity contribution in [3.63, 3.8) is 0 Å². The predicted octanol–water partition coefficient (Wildman–Crippen LogP) is 2.66. The maximum Gasteiger partial charge on any atom is 0.294 e. The Bertz CT molecular complexity index is 635. The fourth-order valence-electron chi connectivity index (χ4n) is 1.77. The Morgan fingerprint density at radius 1 is 1.41 bits per heavy atom. The zero-order valence-corrected chi connectivity index (χ0v) is 13.9. The number of ether oxygens (including phenoxy) is 1. The average molecular weight is 341 g/mol. The molecule has 0 aliphatic carbocycles. The summed E-state index contributed by atoms with van der Waals surface area (Å²) in [7, 11) is 1.84. The van der Waals surface area contributed by atoms with E-state index in [0.29, 0.717) is 29.1 Å². The van der Waals surface area contributed by atoms with Crippen molar-refractivity contribution in [1.29, 1.82) is 0 Å². The van der Waals surface area contributed by atoms with Crippen LogP contribution in [0.4, 0.5) is 5.69 Å². The van der Waals surface area contributed by atoms with Gasteiger partial charge in [0.1, 0.15) is 5.01 Å². The average Bonchev–Trinajstić information content (AvgIpc) is 2.89. The highest BCUT2D eigenvalue weighted by molar-refractivity contribution is 7.13. The Morgan fingerprint density at radius 3 is 2.91 bits per heavy atom. The van der Waals surface area contributed by atoms with Crippen LogP contribution in [0.2, 0.25) is 5.02 Å². The highest BCUT2D eigenvalue weighted by Gasteiger charge is 2.12. The van der Waals surface area contributed by atoms with Gasteiger partial charge in [0.05, 0.1) is 30.4 Å². The lowest BCUT2D eigenvalue weighted by Gasteiger charge is -2.14. The second kappa shape index (κ2) is 8.07. The van der Waals surface area contributed by atoms with E-state index in [9.17, 15) is 4.79 Å². The van der Waals surface area contributed by atoms with Gasteiger partial charge >= 0.3 is 0 Å². The lowest BCUT2D eigenvalue weighted by molar-refractivity contribution is -0.117. The lowest BCUT2D eigenvalue weighted by Crippen LogP contribution is -2.29. The summed E-state index contributed by atoms with van der Waals surface area (Å²) in [5.74, 6) is -0.134. The molecule has 118 valence electrons. The number of carbonyl (C=O) groups excluding carboxylic acids is 1. The highest BCUT2D eigenvalue weighted by Crippen LogP contribution is 2.21. The first-order chi connectivity index (χ1) is 10.6. The van der Waals surface area contributed by atoms with Crippen molar-refractivity contribution in [2.24, 2.45) is 0 Å². The number of halogens is 1. The Kier molecular flexibility index (Phi) is 6.11. The first-order valence-electron chi connectivity index (χ1n) is 6.76. The Balaban J connectivity index is 1.84. The topological polar surface area (TPSA) is 67.4 Å². The third-order valence-electron chi connectivity index (χ3n) is 2.68. The number of amides is 1. The van der Waals surface area contributed by atoms with Crippen LogP contribution in [0, 0.1) is 0 Å². The molecule has 1 amide bonds. The van der Waals surface area contributed by atoms with Crippen LogP contribution < -0.4 is 10.1 Å². The van der Waals surface area contributed by atoms with Crippen molar-refractivity contribution in [3.8, 4) is 5.19 Å². The van der Waals surface area contributed by atoms with Gasteiger partial charge in [0.2, 0.25) is 5.91 Å². The molecule has 22 heavy (non-hydrogen) atoms. The minimum Gasteiger partial charge on any atom is -0.469 e. The summed E-state index contributed by atoms with van der Waals surface area (Å²) < 4.78 is 5.27. The van der Waals surface area contributed by atoms with Crippen LogP contribution in [-0.4, -0.2) is 41.2 Å². The molecule has 0 aliphatic rings. The van der Waals surface area contributed by atoms with E-state index in [1.54, 1.807) is 12.1 Å². The fourth-order valence-corrected chi connectivity index (χ4v) is 2.78. The van der Waals surface area contributed by atoms with E-state index < -0.39 is 0 Å². The number of likely N-dealkylation sites (N-methyl/N-ethyl adjacent to an activating group) is 1. The number of hydrogen-bond acceptors (Lipinski definition) is 6. The van der Waals surface area contributed by atoms with Gasteiger partial charge < -0.3 is 10.1 Å². The Morgan fingerprint density at radius 2 is 2.18 bits per heavy atom. The minimum atomic E-state index is -0.134. The molecule has 1 aromatic carbocycles. The zero-order chi connectivity index (χ0) is 15.9. The number of rotatable bonds is 7. The molecule has 0 saturated heterocycles. The second-order valence-corrected chi connectivity index (χ2v) is 6.03. The third kappa shape index (κ3) is 4.94. The van der Waals surface area contributed by atoms with Crippen LogP contribution in [0.25, 0.3) is 0 Å². The van der Waals surface area contributed by atoms with E-state index >= 15 is 0 Å². The molecule has 8 heteroatoms. The van der Waals surface area contributed by atoms with Gasteiger partial charge in [-0.05, 0) is 26.1 Å². The number of nitrogens with one attached hydrogen (secondary N) is 1. The maximum atomic E-state index is 12.0. The molecule has 6 nitrogen and oxygen atoms in total. The number of aromatic nitrogens is 2. The SMILES string of the molecule is CCOc1nnc(CN(C)CC(=O)Nc2ccccc2Cl)s1. The van der Waals surface area contributed by atoms with Gasteiger partial charge in [0.25, 0.3) is 5.19 Å². The van der Waals surface area contributed by atoms with Crippen molar-refractivity contribution >= 4 is 34.5 Å². The van der Waals surface area contributed by atoms with Crippen LogP contribution in [0.5, 0.6) is 5.19 Å². The van der Waals surface area contributed by atoms with Crippen LogP contribution in [0.1, 0.15) is 11.9 Å². The molecule has 0 radical (unpaired) electrons. The number of carbonyl (C=O) groups is 1. The molecule has 0 fully saturated rings. The van der Waals surface area contributed by atoms with Crippen molar-refractivity contribution in [2.75, 3.05) is 25.5 Å². The number of benzene rings is 1. The fraction of sp³-hybridized carbons (Fsp3) is 0.357. The van der Waals surface area contributed by atoms with Gasteiger partial charge in [0.15, 0.2) is 0 Å². The summed E-state index contributed by atoms with van der Waals surface area (Å²) in [5, 5.41) is 12.6. The first-order valence-corrected chi connectivity index (χ1v) is 7.96. The Labute approximate surface area is 138 Å². The second-order valence-electron chi connectivity index (χ2n) is 4.60. The molecule has 1 aromatic heterocycles. The molecular formula is C14H17ClN4O2S. The molecule has 0 unspecified atom stereocenters. The van der Waals surface area contributed by atoms with E-state index in [2.05, 4.69) is 15.5 Å². The van der Waals surface area contributed by atoms with Gasteiger partial charge in [-0.1, -0.05) is 35.1 Å². The van der Waals surface area contributed by atoms with Crippen molar-refractivity contribution < 1.29 is 9.53 Å². The largest absolute Gasteiger partial charge is 0.469 e. The van der Waals surface area contributed by atoms with Crippen LogP contribution in [-0.2, 0) is 11.3 Å². The number of para-hydroxylation sites is 1. The van der Waals surface area contributed by atoms with E-state index in [4.69, 9.17) is 16.3 Å². The predicted molar refractivity (Wildman–Crippen MR) is 87.5 cm³/mol. The van der Waals surface area contributed by atoms with E-state index in [0.717, 1.165) is 5.01 Å². The van der Waals surface area contributed by atoms with Gasteiger partial charge in [-0.15, -0.1) is 10.2 Å². The van der Waals surface area contributed by atoms with Crippen LogP contribution in [0.15, 0.2) is 24.3 Å². The molecule has 1 heterocycles. The monoisotopic (exact) mass is 340 g/mol. The minimum absolute atomic E-state index is 0.134. The summed E-state index contributed by atoms with van der Waals surface area (Å²) in [6, 6.07) is 7.13. The molecule has 0 aliphatic heterocycles. The molecule has 0 atom stereocenters. The molecule has 1 N–H and O–H groups in total. The number of hydrogen-bond donors (Lipinski definition) is 1. The summed E-state index contributed by atoms with van der Waals surface area (Å²) >= 11 is 7.39. The molecule has 2 aromatic rings. The molecule has 0 spiro atoms. The summed E-state index contributed by atoms with van der Waals surface area (Å²) in [6.45, 7) is 3.21. The standard InChI is InChI=1S/C14H17ClN4O2S/c1-3-21-14-18-17-13(22-14)9-19(2)8-12(20)16-11-7-5-4-6-10(11)15/h4-7H,3,8-9H2,1-2H3,(H,16,20). The summed E-state index contributed by atoms with van der Waals surface area (Å²) in [6.07, 6.45) is 0. The highest BCUT2D eigenvalue weighted by atomic mass is 35.5. The molecular weight excluding hydrogens is 324 g/mol. The van der Waals surface area contributed by atoms with Gasteiger partial charge in [-0.3, -0.25) is 9.69 Å². The summed E-state index contributed by atoms with van der Waals surface area (Å²) in [4.78, 5) is 13.9. The van der Waals surface area contributed by atoms with Gasteiger partial charge in [-0.25, -0.2) is 0 Å². The zero-order valence-electron chi connectivity index (χ0n) is 12.4.